The minimum absolute atomic E-state index is 0.132. The van der Waals surface area contributed by atoms with Crippen molar-refractivity contribution in [2.75, 3.05) is 4.90 Å². The lowest BCUT2D eigenvalue weighted by Crippen LogP contribution is -2.32. The Balaban J connectivity index is 1.11. The third-order valence-electron chi connectivity index (χ3n) is 14.3. The molecule has 0 bridgehead atoms. The molecule has 0 amide bonds. The van der Waals surface area contributed by atoms with Gasteiger partial charge in [-0.25, -0.2) is 0 Å². The van der Waals surface area contributed by atoms with Gasteiger partial charge in [0.2, 0.25) is 0 Å². The topological polar surface area (TPSA) is 3.24 Å². The predicted octanol–water partition coefficient (Wildman–Crippen LogP) is 15.8. The fourth-order valence-corrected chi connectivity index (χ4v) is 11.7. The van der Waals surface area contributed by atoms with Crippen molar-refractivity contribution in [1.29, 1.82) is 0 Å². The Labute approximate surface area is 356 Å². The number of benzene rings is 10. The number of nitrogens with zero attached hydrogens (tertiary/aromatic N) is 1. The SMILES string of the molecule is CC1(C)c2ccccc2-c2ccc(N(c3ccc4c(c3)C3(c5ccccc5-4)c4ccccc4-c4ccc(-c5ccccc5)c5cccc3c45)c3cccc4ccccc34)cc21. The second kappa shape index (κ2) is 12.5. The highest BCUT2D eigenvalue weighted by Gasteiger charge is 2.50. The van der Waals surface area contributed by atoms with Gasteiger partial charge in [-0.2, -0.15) is 0 Å². The molecule has 0 N–H and O–H groups in total. The molecule has 1 spiro atoms. The normalized spacial score (nSPS) is 15.9. The van der Waals surface area contributed by atoms with E-state index in [9.17, 15) is 0 Å². The van der Waals surface area contributed by atoms with Crippen molar-refractivity contribution < 1.29 is 0 Å². The van der Waals surface area contributed by atoms with E-state index in [0.717, 1.165) is 11.4 Å². The average molecular weight is 776 g/mol. The summed E-state index contributed by atoms with van der Waals surface area (Å²) in [5.74, 6) is 0. The van der Waals surface area contributed by atoms with Crippen LogP contribution in [-0.2, 0) is 10.8 Å². The maximum Gasteiger partial charge on any atom is 0.0726 e. The van der Waals surface area contributed by atoms with Crippen LogP contribution in [0.5, 0.6) is 0 Å². The van der Waals surface area contributed by atoms with Gasteiger partial charge < -0.3 is 4.90 Å². The summed E-state index contributed by atoms with van der Waals surface area (Å²) in [7, 11) is 0. The van der Waals surface area contributed by atoms with Crippen molar-refractivity contribution in [2.45, 2.75) is 24.7 Å². The monoisotopic (exact) mass is 775 g/mol. The van der Waals surface area contributed by atoms with Gasteiger partial charge in [0.05, 0.1) is 11.1 Å². The number of hydrogen-bond donors (Lipinski definition) is 0. The van der Waals surface area contributed by atoms with E-state index < -0.39 is 5.41 Å². The van der Waals surface area contributed by atoms with Crippen LogP contribution in [0.15, 0.2) is 212 Å². The summed E-state index contributed by atoms with van der Waals surface area (Å²) < 4.78 is 0. The Bertz CT molecular complexity index is 3460. The van der Waals surface area contributed by atoms with Crippen LogP contribution in [0.25, 0.3) is 66.1 Å². The largest absolute Gasteiger partial charge is 0.310 e. The molecule has 61 heavy (non-hydrogen) atoms. The molecule has 0 aliphatic heterocycles. The molecule has 13 rings (SSSR count). The molecule has 1 unspecified atom stereocenters. The summed E-state index contributed by atoms with van der Waals surface area (Å²) in [6.45, 7) is 4.75. The first-order valence-corrected chi connectivity index (χ1v) is 21.5. The van der Waals surface area contributed by atoms with E-state index in [2.05, 4.69) is 231 Å². The van der Waals surface area contributed by atoms with Crippen LogP contribution in [0.3, 0.4) is 0 Å². The number of anilines is 3. The second-order valence-corrected chi connectivity index (χ2v) is 17.6. The summed E-state index contributed by atoms with van der Waals surface area (Å²) in [4.78, 5) is 2.52. The van der Waals surface area contributed by atoms with Gasteiger partial charge in [-0.3, -0.25) is 0 Å². The molecular formula is C60H41N. The summed E-state index contributed by atoms with van der Waals surface area (Å²) in [6, 6.07) is 79.9. The van der Waals surface area contributed by atoms with E-state index >= 15 is 0 Å². The van der Waals surface area contributed by atoms with Crippen molar-refractivity contribution in [3.63, 3.8) is 0 Å². The van der Waals surface area contributed by atoms with Crippen molar-refractivity contribution in [3.8, 4) is 44.5 Å². The molecule has 0 heterocycles. The highest BCUT2D eigenvalue weighted by Crippen LogP contribution is 2.63. The molecule has 0 fully saturated rings. The summed E-state index contributed by atoms with van der Waals surface area (Å²) in [5, 5.41) is 5.07. The first-order chi connectivity index (χ1) is 30.0. The zero-order valence-corrected chi connectivity index (χ0v) is 34.2. The highest BCUT2D eigenvalue weighted by atomic mass is 15.1. The Morgan fingerprint density at radius 3 is 1.57 bits per heavy atom. The maximum atomic E-state index is 2.53. The molecule has 286 valence electrons. The quantitative estimate of drug-likeness (QED) is 0.172. The van der Waals surface area contributed by atoms with Gasteiger partial charge in [-0.15, -0.1) is 0 Å². The average Bonchev–Trinajstić information content (AvgIpc) is 3.73. The van der Waals surface area contributed by atoms with E-state index in [-0.39, 0.29) is 5.41 Å². The maximum absolute atomic E-state index is 2.53. The number of hydrogen-bond acceptors (Lipinski definition) is 1. The lowest BCUT2D eigenvalue weighted by atomic mass is 9.61. The van der Waals surface area contributed by atoms with E-state index in [1.807, 2.05) is 0 Å². The minimum Gasteiger partial charge on any atom is -0.310 e. The molecule has 0 saturated heterocycles. The molecule has 10 aromatic carbocycles. The number of fused-ring (bicyclic) bond motifs is 13. The van der Waals surface area contributed by atoms with Gasteiger partial charge in [0.1, 0.15) is 0 Å². The molecule has 1 atom stereocenters. The molecule has 3 aliphatic rings. The zero-order valence-electron chi connectivity index (χ0n) is 34.2. The smallest absolute Gasteiger partial charge is 0.0726 e. The molecule has 0 radical (unpaired) electrons. The summed E-state index contributed by atoms with van der Waals surface area (Å²) >= 11 is 0. The second-order valence-electron chi connectivity index (χ2n) is 17.6. The Hall–Kier alpha value is -7.48. The fraction of sp³-hybridized carbons (Fsp3) is 0.0667. The van der Waals surface area contributed by atoms with Crippen LogP contribution in [0.1, 0.15) is 47.2 Å². The van der Waals surface area contributed by atoms with Crippen LogP contribution < -0.4 is 4.90 Å². The van der Waals surface area contributed by atoms with E-state index in [0.29, 0.717) is 0 Å². The van der Waals surface area contributed by atoms with Gasteiger partial charge in [0.25, 0.3) is 0 Å². The molecule has 3 aliphatic carbocycles. The Morgan fingerprint density at radius 1 is 0.328 bits per heavy atom. The molecule has 0 aromatic heterocycles. The van der Waals surface area contributed by atoms with Gasteiger partial charge in [-0.1, -0.05) is 196 Å². The van der Waals surface area contributed by atoms with Gasteiger partial charge >= 0.3 is 0 Å². The molecular weight excluding hydrogens is 735 g/mol. The highest BCUT2D eigenvalue weighted by molar-refractivity contribution is 6.12. The first kappa shape index (κ1) is 34.4. The molecule has 0 saturated carbocycles. The first-order valence-electron chi connectivity index (χ1n) is 21.5. The van der Waals surface area contributed by atoms with Crippen molar-refractivity contribution >= 4 is 38.6 Å². The van der Waals surface area contributed by atoms with Gasteiger partial charge in [0.15, 0.2) is 0 Å². The third kappa shape index (κ3) is 4.56. The summed E-state index contributed by atoms with van der Waals surface area (Å²) in [6.07, 6.45) is 0. The molecule has 1 nitrogen and oxygen atoms in total. The minimum atomic E-state index is -0.549. The van der Waals surface area contributed by atoms with E-state index in [1.54, 1.807) is 0 Å². The third-order valence-corrected chi connectivity index (χ3v) is 14.3. The Kier molecular flexibility index (Phi) is 7.06. The van der Waals surface area contributed by atoms with Crippen LogP contribution in [-0.4, -0.2) is 0 Å². The predicted molar refractivity (Wildman–Crippen MR) is 255 cm³/mol. The zero-order chi connectivity index (χ0) is 40.5. The molecule has 10 aromatic rings. The van der Waals surface area contributed by atoms with Crippen molar-refractivity contribution in [3.05, 3.63) is 246 Å². The standard InChI is InChI=1S/C60H41N/c1-59(2)51-25-11-8-21-44(51)47-32-30-40(36-55(47)59)61(57-29-14-19-39-18-6-7-20-43(39)57)41-31-33-48-45-22-9-12-26-52(45)60(56(48)37-41)53-27-13-10-23-46(53)50-35-34-42(38-16-4-3-5-17-38)49-24-15-28-54(60)58(49)50/h3-37H,1-2H3. The van der Waals surface area contributed by atoms with Crippen molar-refractivity contribution in [1.82, 2.24) is 0 Å². The molecule has 1 heteroatoms. The van der Waals surface area contributed by atoms with Crippen molar-refractivity contribution in [2.24, 2.45) is 0 Å². The van der Waals surface area contributed by atoms with Gasteiger partial charge in [0, 0.05) is 22.2 Å². The van der Waals surface area contributed by atoms with E-state index in [4.69, 9.17) is 0 Å². The lowest BCUT2D eigenvalue weighted by molar-refractivity contribution is 0.660. The fourth-order valence-electron chi connectivity index (χ4n) is 11.7. The summed E-state index contributed by atoms with van der Waals surface area (Å²) in [5.41, 5.74) is 21.2. The Morgan fingerprint density at radius 2 is 0.820 bits per heavy atom. The van der Waals surface area contributed by atoms with Crippen LogP contribution in [0, 0.1) is 0 Å². The van der Waals surface area contributed by atoms with E-state index in [1.165, 1.54) is 105 Å². The van der Waals surface area contributed by atoms with Gasteiger partial charge in [-0.05, 0) is 124 Å². The number of rotatable bonds is 4. The lowest BCUT2D eigenvalue weighted by Gasteiger charge is -2.40. The van der Waals surface area contributed by atoms with Crippen LogP contribution >= 0.6 is 0 Å². The van der Waals surface area contributed by atoms with Crippen LogP contribution in [0.2, 0.25) is 0 Å². The van der Waals surface area contributed by atoms with Crippen LogP contribution in [0.4, 0.5) is 17.1 Å².